The Hall–Kier alpha value is -3.56. The Balaban J connectivity index is 1.81. The molecule has 0 radical (unpaired) electrons. The summed E-state index contributed by atoms with van der Waals surface area (Å²) in [5.74, 6) is -0.982. The van der Waals surface area contributed by atoms with Gasteiger partial charge in [-0.05, 0) is 54.4 Å². The molecule has 2 amide bonds. The van der Waals surface area contributed by atoms with Gasteiger partial charge in [-0.25, -0.2) is 8.42 Å². The third-order valence-corrected chi connectivity index (χ3v) is 9.53. The van der Waals surface area contributed by atoms with Crippen molar-refractivity contribution >= 4 is 62.3 Å². The molecule has 224 valence electrons. The van der Waals surface area contributed by atoms with Crippen molar-refractivity contribution < 1.29 is 18.0 Å². The molecule has 1 unspecified atom stereocenters. The minimum atomic E-state index is -4.29. The number of nitrogens with zero attached hydrogens (tertiary/aromatic N) is 2. The molecule has 0 saturated carbocycles. The molecule has 1 atom stereocenters. The lowest BCUT2D eigenvalue weighted by Gasteiger charge is -2.34. The van der Waals surface area contributed by atoms with Gasteiger partial charge in [0.1, 0.15) is 12.6 Å². The molecule has 0 bridgehead atoms. The van der Waals surface area contributed by atoms with Crippen LogP contribution in [0.5, 0.6) is 0 Å². The number of halogens is 3. The van der Waals surface area contributed by atoms with Crippen molar-refractivity contribution in [2.75, 3.05) is 17.4 Å². The van der Waals surface area contributed by atoms with Crippen molar-refractivity contribution in [1.82, 2.24) is 10.2 Å². The van der Waals surface area contributed by atoms with Gasteiger partial charge in [0.15, 0.2) is 0 Å². The molecule has 1 N–H and O–H groups in total. The number of hydrogen-bond donors (Lipinski definition) is 1. The Morgan fingerprint density at radius 1 is 0.791 bits per heavy atom. The predicted octanol–water partition coefficient (Wildman–Crippen LogP) is 6.62. The molecule has 0 fully saturated rings. The number of carbonyl (C=O) groups excluding carboxylic acids is 2. The Bertz CT molecular complexity index is 1650. The summed E-state index contributed by atoms with van der Waals surface area (Å²) in [7, 11) is -4.29. The first-order chi connectivity index (χ1) is 20.6. The fourth-order valence-electron chi connectivity index (χ4n) is 4.55. The van der Waals surface area contributed by atoms with Gasteiger partial charge >= 0.3 is 0 Å². The van der Waals surface area contributed by atoms with E-state index in [0.717, 1.165) is 9.87 Å². The highest BCUT2D eigenvalue weighted by Crippen LogP contribution is 2.35. The van der Waals surface area contributed by atoms with E-state index in [1.165, 1.54) is 29.2 Å². The molecule has 0 aliphatic heterocycles. The smallest absolute Gasteiger partial charge is 0.264 e. The summed E-state index contributed by atoms with van der Waals surface area (Å²) in [6.45, 7) is 1.51. The van der Waals surface area contributed by atoms with Crippen LogP contribution in [-0.4, -0.2) is 44.3 Å². The van der Waals surface area contributed by atoms with Crippen molar-refractivity contribution in [2.24, 2.45) is 0 Å². The Morgan fingerprint density at radius 2 is 1.42 bits per heavy atom. The number of rotatable bonds is 12. The number of benzene rings is 4. The van der Waals surface area contributed by atoms with Crippen LogP contribution in [-0.2, 0) is 32.6 Å². The van der Waals surface area contributed by atoms with Gasteiger partial charge in [-0.3, -0.25) is 13.9 Å². The van der Waals surface area contributed by atoms with E-state index in [4.69, 9.17) is 34.8 Å². The maximum absolute atomic E-state index is 14.4. The fraction of sp³-hybridized carbons (Fsp3) is 0.188. The molecular formula is C32H30Cl3N3O4S. The number of likely N-dealkylation sites (N-methyl/N-ethyl adjacent to an activating group) is 1. The zero-order valence-electron chi connectivity index (χ0n) is 23.3. The molecule has 0 aliphatic rings. The largest absolute Gasteiger partial charge is 0.355 e. The van der Waals surface area contributed by atoms with Crippen LogP contribution < -0.4 is 9.62 Å². The quantitative estimate of drug-likeness (QED) is 0.185. The molecule has 4 rings (SSSR count). The molecule has 0 aliphatic carbocycles. The SMILES string of the molecule is CCNC(=O)C(Cc1ccccc1)N(Cc1ccc(Cl)cc1)C(=O)CN(c1cccc(Cl)c1Cl)S(=O)(=O)c1ccccc1. The van der Waals surface area contributed by atoms with E-state index in [1.807, 2.05) is 30.3 Å². The molecule has 4 aromatic carbocycles. The third kappa shape index (κ3) is 8.09. The summed E-state index contributed by atoms with van der Waals surface area (Å²) in [5.41, 5.74) is 1.58. The highest BCUT2D eigenvalue weighted by molar-refractivity contribution is 7.92. The van der Waals surface area contributed by atoms with E-state index in [9.17, 15) is 18.0 Å². The molecule has 11 heteroatoms. The number of amides is 2. The van der Waals surface area contributed by atoms with Crippen molar-refractivity contribution in [3.8, 4) is 0 Å². The predicted molar refractivity (Wildman–Crippen MR) is 172 cm³/mol. The first kappa shape index (κ1) is 32.4. The van der Waals surface area contributed by atoms with Gasteiger partial charge in [0.2, 0.25) is 11.8 Å². The van der Waals surface area contributed by atoms with Gasteiger partial charge in [0, 0.05) is 24.5 Å². The summed E-state index contributed by atoms with van der Waals surface area (Å²) in [4.78, 5) is 29.2. The lowest BCUT2D eigenvalue weighted by atomic mass is 10.0. The summed E-state index contributed by atoms with van der Waals surface area (Å²) in [6, 6.07) is 27.5. The van der Waals surface area contributed by atoms with Crippen LogP contribution in [0.15, 0.2) is 108 Å². The number of nitrogens with one attached hydrogen (secondary N) is 1. The highest BCUT2D eigenvalue weighted by Gasteiger charge is 2.35. The monoisotopic (exact) mass is 657 g/mol. The highest BCUT2D eigenvalue weighted by atomic mass is 35.5. The number of anilines is 1. The molecule has 0 spiro atoms. The zero-order valence-corrected chi connectivity index (χ0v) is 26.4. The Kier molecular flexibility index (Phi) is 11.1. The zero-order chi connectivity index (χ0) is 31.0. The summed E-state index contributed by atoms with van der Waals surface area (Å²) in [6.07, 6.45) is 0.204. The Morgan fingerprint density at radius 3 is 2.05 bits per heavy atom. The van der Waals surface area contributed by atoms with E-state index in [2.05, 4.69) is 5.32 Å². The van der Waals surface area contributed by atoms with E-state index < -0.39 is 28.5 Å². The number of carbonyl (C=O) groups is 2. The lowest BCUT2D eigenvalue weighted by Crippen LogP contribution is -2.53. The first-order valence-electron chi connectivity index (χ1n) is 13.5. The van der Waals surface area contributed by atoms with Crippen LogP contribution in [0.3, 0.4) is 0 Å². The number of hydrogen-bond acceptors (Lipinski definition) is 4. The average molecular weight is 659 g/mol. The van der Waals surface area contributed by atoms with Crippen molar-refractivity contribution in [3.05, 3.63) is 129 Å². The third-order valence-electron chi connectivity index (χ3n) is 6.70. The number of sulfonamides is 1. The fourth-order valence-corrected chi connectivity index (χ4v) is 6.57. The van der Waals surface area contributed by atoms with Gasteiger partial charge in [0.25, 0.3) is 10.0 Å². The van der Waals surface area contributed by atoms with Crippen LogP contribution in [0.2, 0.25) is 15.1 Å². The second-order valence-electron chi connectivity index (χ2n) is 9.65. The van der Waals surface area contributed by atoms with Gasteiger partial charge in [-0.1, -0.05) is 102 Å². The van der Waals surface area contributed by atoms with Crippen molar-refractivity contribution in [1.29, 1.82) is 0 Å². The second-order valence-corrected chi connectivity index (χ2v) is 12.7. The van der Waals surface area contributed by atoms with E-state index in [-0.39, 0.29) is 39.5 Å². The molecule has 7 nitrogen and oxygen atoms in total. The van der Waals surface area contributed by atoms with Crippen LogP contribution in [0, 0.1) is 0 Å². The maximum Gasteiger partial charge on any atom is 0.264 e. The first-order valence-corrected chi connectivity index (χ1v) is 16.1. The lowest BCUT2D eigenvalue weighted by molar-refractivity contribution is -0.140. The molecule has 4 aromatic rings. The van der Waals surface area contributed by atoms with Crippen molar-refractivity contribution in [2.45, 2.75) is 30.8 Å². The minimum Gasteiger partial charge on any atom is -0.355 e. The van der Waals surface area contributed by atoms with Gasteiger partial charge in [-0.15, -0.1) is 0 Å². The topological polar surface area (TPSA) is 86.8 Å². The Labute approximate surface area is 267 Å². The normalized spacial score (nSPS) is 11.9. The average Bonchev–Trinajstić information content (AvgIpc) is 3.01. The van der Waals surface area contributed by atoms with Gasteiger partial charge in [0.05, 0.1) is 20.6 Å². The molecular weight excluding hydrogens is 629 g/mol. The molecule has 0 saturated heterocycles. The second kappa shape index (κ2) is 14.8. The maximum atomic E-state index is 14.4. The molecule has 0 aromatic heterocycles. The van der Waals surface area contributed by atoms with E-state index in [0.29, 0.717) is 17.1 Å². The van der Waals surface area contributed by atoms with E-state index in [1.54, 1.807) is 55.5 Å². The minimum absolute atomic E-state index is 0.0210. The van der Waals surface area contributed by atoms with Crippen LogP contribution >= 0.6 is 34.8 Å². The van der Waals surface area contributed by atoms with Crippen LogP contribution in [0.1, 0.15) is 18.1 Å². The summed E-state index contributed by atoms with van der Waals surface area (Å²) in [5, 5.41) is 3.45. The van der Waals surface area contributed by atoms with E-state index >= 15 is 0 Å². The summed E-state index contributed by atoms with van der Waals surface area (Å²) < 4.78 is 28.9. The molecule has 43 heavy (non-hydrogen) atoms. The summed E-state index contributed by atoms with van der Waals surface area (Å²) >= 11 is 18.9. The van der Waals surface area contributed by atoms with Gasteiger partial charge in [-0.2, -0.15) is 0 Å². The standard InChI is InChI=1S/C32H30Cl3N3O4S/c1-2-36-32(40)29(20-23-10-5-3-6-11-23)37(21-24-16-18-25(33)19-17-24)30(39)22-38(28-15-9-14-27(34)31(28)35)43(41,42)26-12-7-4-8-13-26/h3-19,29H,2,20-22H2,1H3,(H,36,40). The van der Waals surface area contributed by atoms with Gasteiger partial charge < -0.3 is 10.2 Å². The van der Waals surface area contributed by atoms with Crippen molar-refractivity contribution in [3.63, 3.8) is 0 Å². The van der Waals surface area contributed by atoms with Crippen LogP contribution in [0.4, 0.5) is 5.69 Å². The molecule has 0 heterocycles. The van der Waals surface area contributed by atoms with Crippen LogP contribution in [0.25, 0.3) is 0 Å².